The van der Waals surface area contributed by atoms with Crippen molar-refractivity contribution < 1.29 is 19.1 Å². The molecule has 0 fully saturated rings. The molecule has 0 radical (unpaired) electrons. The topological polar surface area (TPSA) is 107 Å². The first-order valence-electron chi connectivity index (χ1n) is 13.8. The number of aromatic nitrogens is 2. The van der Waals surface area contributed by atoms with Crippen LogP contribution in [0.4, 0.5) is 0 Å². The largest absolute Gasteiger partial charge is 0.462 e. The van der Waals surface area contributed by atoms with Gasteiger partial charge in [-0.3, -0.25) is 9.59 Å². The van der Waals surface area contributed by atoms with E-state index in [1.165, 1.54) is 0 Å². The number of fused-ring (bicyclic) bond motifs is 2. The highest BCUT2D eigenvalue weighted by atomic mass is 79.9. The standard InChI is InChI=1S/C16H18BrNO3.C12H12BrNO3.C4H7Br/c1-4-6-7-18-9-12(17)14-11(15(18)19)8-10(3)13(14)16(20)21-5-2;1-3-17-12(16)9-6(2)4-7-10(9)8(13)5-14-11(7)15;1-2-3-4-5/h4,9H,1,5-8H2,2-3H3;5H,3-4H2,1-2H3,(H,14,15);2H,1,3-4H2. The Kier molecular flexibility index (Phi) is 14.8. The number of hydrogen-bond donors (Lipinski definition) is 1. The second kappa shape index (κ2) is 17.5. The molecule has 0 saturated heterocycles. The van der Waals surface area contributed by atoms with E-state index in [2.05, 4.69) is 65.9 Å². The highest BCUT2D eigenvalue weighted by Gasteiger charge is 2.31. The highest BCUT2D eigenvalue weighted by Crippen LogP contribution is 2.37. The Bertz CT molecular complexity index is 1570. The molecule has 0 amide bonds. The normalized spacial score (nSPS) is 12.8. The van der Waals surface area contributed by atoms with E-state index in [1.807, 2.05) is 19.9 Å². The minimum Gasteiger partial charge on any atom is -0.462 e. The number of allylic oxidation sites excluding steroid dienone is 4. The average molecular weight is 785 g/mol. The number of aryl methyl sites for hydroxylation is 1. The van der Waals surface area contributed by atoms with Crippen LogP contribution < -0.4 is 11.1 Å². The van der Waals surface area contributed by atoms with E-state index in [4.69, 9.17) is 9.47 Å². The van der Waals surface area contributed by atoms with E-state index < -0.39 is 0 Å². The maximum atomic E-state index is 12.5. The molecule has 8 nitrogen and oxygen atoms in total. The lowest BCUT2D eigenvalue weighted by molar-refractivity contribution is -0.137. The molecule has 0 bridgehead atoms. The molecule has 2 aliphatic rings. The number of rotatable bonds is 9. The van der Waals surface area contributed by atoms with Gasteiger partial charge in [-0.2, -0.15) is 0 Å². The molecule has 2 heterocycles. The third-order valence-electron chi connectivity index (χ3n) is 6.56. The molecular weight excluding hydrogens is 748 g/mol. The van der Waals surface area contributed by atoms with Gasteiger partial charge in [-0.15, -0.1) is 13.2 Å². The van der Waals surface area contributed by atoms with Crippen LogP contribution in [0.25, 0.3) is 11.1 Å². The number of nitrogens with zero attached hydrogens (tertiary/aromatic N) is 1. The maximum Gasteiger partial charge on any atom is 0.338 e. The first-order valence-corrected chi connectivity index (χ1v) is 16.5. The number of carbonyl (C=O) groups is 2. The fourth-order valence-electron chi connectivity index (χ4n) is 4.67. The monoisotopic (exact) mass is 782 g/mol. The number of esters is 2. The number of ether oxygens (including phenoxy) is 2. The van der Waals surface area contributed by atoms with Crippen LogP contribution >= 0.6 is 47.8 Å². The molecule has 0 unspecified atom stereocenters. The van der Waals surface area contributed by atoms with Crippen molar-refractivity contribution in [2.24, 2.45) is 0 Å². The van der Waals surface area contributed by atoms with Crippen LogP contribution in [-0.2, 0) is 38.4 Å². The van der Waals surface area contributed by atoms with Gasteiger partial charge in [0.25, 0.3) is 11.1 Å². The van der Waals surface area contributed by atoms with Crippen LogP contribution in [0.15, 0.2) is 67.4 Å². The van der Waals surface area contributed by atoms with E-state index in [0.29, 0.717) is 70.5 Å². The van der Waals surface area contributed by atoms with Crippen LogP contribution in [0.2, 0.25) is 0 Å². The molecule has 0 aliphatic heterocycles. The Morgan fingerprint density at radius 3 is 1.88 bits per heavy atom. The Labute approximate surface area is 277 Å². The van der Waals surface area contributed by atoms with Crippen molar-refractivity contribution in [3.63, 3.8) is 0 Å². The number of hydrogen-bond acceptors (Lipinski definition) is 6. The summed E-state index contributed by atoms with van der Waals surface area (Å²) >= 11 is 10.1. The van der Waals surface area contributed by atoms with Crippen LogP contribution in [0.5, 0.6) is 0 Å². The molecule has 1 N–H and O–H groups in total. The van der Waals surface area contributed by atoms with E-state index in [-0.39, 0.29) is 23.1 Å². The second-order valence-electron chi connectivity index (χ2n) is 9.60. The number of alkyl halides is 1. The predicted molar refractivity (Wildman–Crippen MR) is 182 cm³/mol. The number of H-pyrrole nitrogens is 1. The molecule has 2 aromatic rings. The summed E-state index contributed by atoms with van der Waals surface area (Å²) in [6, 6.07) is 0. The van der Waals surface area contributed by atoms with Crippen molar-refractivity contribution in [3.8, 4) is 0 Å². The Balaban J connectivity index is 0.000000264. The summed E-state index contributed by atoms with van der Waals surface area (Å²) in [5.41, 5.74) is 5.23. The van der Waals surface area contributed by atoms with Crippen LogP contribution in [0.1, 0.15) is 62.8 Å². The molecule has 232 valence electrons. The number of aromatic amines is 1. The van der Waals surface area contributed by atoms with Crippen molar-refractivity contribution in [1.29, 1.82) is 0 Å². The SMILES string of the molecule is C=CCCBr.C=CCCn1cc(Br)c2c(c1=O)CC(C)=C2C(=O)OCC.CCOC(=O)C1=C(C)Cc2c1c(Br)c[nH]c2=O. The minimum atomic E-state index is -0.366. The van der Waals surface area contributed by atoms with E-state index in [1.54, 1.807) is 36.9 Å². The van der Waals surface area contributed by atoms with E-state index in [0.717, 1.165) is 33.8 Å². The van der Waals surface area contributed by atoms with Crippen molar-refractivity contribution in [1.82, 2.24) is 9.55 Å². The minimum absolute atomic E-state index is 0.0475. The third-order valence-corrected chi connectivity index (χ3v) is 8.24. The molecule has 0 aromatic carbocycles. The fraction of sp³-hybridized carbons (Fsp3) is 0.375. The van der Waals surface area contributed by atoms with Gasteiger partial charge in [-0.25, -0.2) is 9.59 Å². The zero-order chi connectivity index (χ0) is 32.3. The summed E-state index contributed by atoms with van der Waals surface area (Å²) in [7, 11) is 0. The summed E-state index contributed by atoms with van der Waals surface area (Å²) in [5, 5.41) is 1.04. The Morgan fingerprint density at radius 2 is 1.42 bits per heavy atom. The molecule has 2 aliphatic carbocycles. The summed E-state index contributed by atoms with van der Waals surface area (Å²) in [6.45, 7) is 15.7. The van der Waals surface area contributed by atoms with Gasteiger partial charge in [0.2, 0.25) is 0 Å². The van der Waals surface area contributed by atoms with Gasteiger partial charge in [0.05, 0.1) is 24.4 Å². The van der Waals surface area contributed by atoms with Crippen molar-refractivity contribution in [3.05, 3.63) is 101 Å². The molecule has 4 rings (SSSR count). The van der Waals surface area contributed by atoms with Gasteiger partial charge >= 0.3 is 11.9 Å². The summed E-state index contributed by atoms with van der Waals surface area (Å²) in [5.74, 6) is -0.729. The van der Waals surface area contributed by atoms with E-state index in [9.17, 15) is 19.2 Å². The van der Waals surface area contributed by atoms with Gasteiger partial charge < -0.3 is 19.0 Å². The second-order valence-corrected chi connectivity index (χ2v) is 12.1. The summed E-state index contributed by atoms with van der Waals surface area (Å²) in [6.07, 6.45) is 9.74. The fourth-order valence-corrected chi connectivity index (χ4v) is 6.23. The van der Waals surface area contributed by atoms with Gasteiger partial charge in [0.1, 0.15) is 0 Å². The highest BCUT2D eigenvalue weighted by molar-refractivity contribution is 9.11. The molecule has 2 aromatic heterocycles. The molecule has 11 heteroatoms. The molecule has 0 saturated carbocycles. The van der Waals surface area contributed by atoms with Gasteiger partial charge in [0, 0.05) is 68.3 Å². The van der Waals surface area contributed by atoms with Gasteiger partial charge in [-0.05, 0) is 72.4 Å². The average Bonchev–Trinajstić information content (AvgIpc) is 3.51. The lowest BCUT2D eigenvalue weighted by atomic mass is 10.1. The van der Waals surface area contributed by atoms with Crippen molar-refractivity contribution >= 4 is 70.9 Å². The van der Waals surface area contributed by atoms with Crippen molar-refractivity contribution in [2.75, 3.05) is 18.5 Å². The third kappa shape index (κ3) is 8.89. The lowest BCUT2D eigenvalue weighted by Crippen LogP contribution is -2.24. The number of halogens is 3. The smallest absolute Gasteiger partial charge is 0.338 e. The molecule has 0 atom stereocenters. The van der Waals surface area contributed by atoms with Crippen LogP contribution in [0, 0.1) is 0 Å². The van der Waals surface area contributed by atoms with Crippen LogP contribution in [0.3, 0.4) is 0 Å². The molecular formula is C32H37Br3N2O6. The zero-order valence-corrected chi connectivity index (χ0v) is 29.7. The quantitative estimate of drug-likeness (QED) is 0.166. The predicted octanol–water partition coefficient (Wildman–Crippen LogP) is 7.07. The van der Waals surface area contributed by atoms with Crippen LogP contribution in [-0.4, -0.2) is 40.0 Å². The summed E-state index contributed by atoms with van der Waals surface area (Å²) < 4.78 is 13.2. The van der Waals surface area contributed by atoms with Crippen molar-refractivity contribution in [2.45, 2.75) is 59.9 Å². The summed E-state index contributed by atoms with van der Waals surface area (Å²) in [4.78, 5) is 50.8. The zero-order valence-electron chi connectivity index (χ0n) is 24.9. The lowest BCUT2D eigenvalue weighted by Gasteiger charge is -2.11. The molecule has 43 heavy (non-hydrogen) atoms. The first kappa shape index (κ1) is 36.4. The molecule has 0 spiro atoms. The number of pyridine rings is 2. The maximum absolute atomic E-state index is 12.5. The van der Waals surface area contributed by atoms with Gasteiger partial charge in [0.15, 0.2) is 0 Å². The van der Waals surface area contributed by atoms with E-state index >= 15 is 0 Å². The van der Waals surface area contributed by atoms with Gasteiger partial charge in [-0.1, -0.05) is 39.2 Å². The number of carbonyl (C=O) groups excluding carboxylic acids is 2. The first-order chi connectivity index (χ1) is 20.5. The Hall–Kier alpha value is -2.76. The number of nitrogens with one attached hydrogen (secondary N) is 1. The Morgan fingerprint density at radius 1 is 0.907 bits per heavy atom.